The van der Waals surface area contributed by atoms with E-state index in [0.29, 0.717) is 47.0 Å². The third-order valence-corrected chi connectivity index (χ3v) is 7.00. The molecule has 2 aliphatic rings. The third kappa shape index (κ3) is 4.72. The number of pyridine rings is 1. The van der Waals surface area contributed by atoms with Crippen LogP contribution in [0, 0.1) is 0 Å². The summed E-state index contributed by atoms with van der Waals surface area (Å²) < 4.78 is 11.1. The minimum absolute atomic E-state index is 0.0149. The van der Waals surface area contributed by atoms with Gasteiger partial charge < -0.3 is 20.1 Å². The fourth-order valence-corrected chi connectivity index (χ4v) is 5.29. The Bertz CT molecular complexity index is 1400. The number of nitrogens with zero attached hydrogens (tertiary/aromatic N) is 1. The number of nitrogens with one attached hydrogen (secondary N) is 2. The van der Waals surface area contributed by atoms with Gasteiger partial charge in [0.05, 0.1) is 20.1 Å². The number of amides is 1. The summed E-state index contributed by atoms with van der Waals surface area (Å²) in [6, 6.07) is 20.9. The molecule has 37 heavy (non-hydrogen) atoms. The summed E-state index contributed by atoms with van der Waals surface area (Å²) in [5.41, 5.74) is 4.46. The number of hydrogen-bond donors (Lipinski definition) is 2. The normalized spacial score (nSPS) is 19.2. The quantitative estimate of drug-likeness (QED) is 0.495. The second-order valence-corrected chi connectivity index (χ2v) is 9.20. The first-order valence-electron chi connectivity index (χ1n) is 12.2. The minimum Gasteiger partial charge on any atom is -0.497 e. The van der Waals surface area contributed by atoms with Gasteiger partial charge in [-0.3, -0.25) is 9.59 Å². The summed E-state index contributed by atoms with van der Waals surface area (Å²) in [6.07, 6.45) is 2.66. The molecule has 1 amide bonds. The minimum atomic E-state index is -0.606. The first kappa shape index (κ1) is 24.3. The van der Waals surface area contributed by atoms with E-state index >= 15 is 0 Å². The number of hydrogen-bond acceptors (Lipinski definition) is 6. The number of carbonyl (C=O) groups excluding carboxylic acids is 2. The molecule has 1 aliphatic heterocycles. The fraction of sp³-hybridized carbons (Fsp3) is 0.233. The fourth-order valence-electron chi connectivity index (χ4n) is 5.29. The Morgan fingerprint density at radius 2 is 1.78 bits per heavy atom. The molecular weight excluding hydrogens is 466 g/mol. The molecule has 0 bridgehead atoms. The van der Waals surface area contributed by atoms with Crippen LogP contribution in [0.15, 0.2) is 95.5 Å². The maximum atomic E-state index is 13.8. The molecule has 0 saturated carbocycles. The lowest BCUT2D eigenvalue weighted by Crippen LogP contribution is -2.37. The molecule has 7 nitrogen and oxygen atoms in total. The molecule has 0 fully saturated rings. The van der Waals surface area contributed by atoms with Crippen molar-refractivity contribution < 1.29 is 19.1 Å². The van der Waals surface area contributed by atoms with Gasteiger partial charge in [0.1, 0.15) is 17.3 Å². The number of ketones is 1. The zero-order chi connectivity index (χ0) is 25.9. The first-order chi connectivity index (χ1) is 18.0. The van der Waals surface area contributed by atoms with Crippen LogP contribution in [-0.2, 0) is 9.59 Å². The standard InChI is InChI=1S/C30H29N3O4/c1-18-27(30(35)33-26-11-7-8-14-31-26)28(22-13-12-21(36-2)17-25(22)37-3)29-23(32-18)15-20(16-24(29)34)19-9-5-4-6-10-19/h4-14,17,20,28,32H,15-16H2,1-3H3,(H,31,33,35)/t20-,28-/m1/s1. The van der Waals surface area contributed by atoms with E-state index in [0.717, 1.165) is 16.8 Å². The van der Waals surface area contributed by atoms with E-state index in [1.54, 1.807) is 38.6 Å². The summed E-state index contributed by atoms with van der Waals surface area (Å²) in [5.74, 6) is 0.763. The number of anilines is 1. The highest BCUT2D eigenvalue weighted by Crippen LogP contribution is 2.48. The number of ether oxygens (including phenoxy) is 2. The van der Waals surface area contributed by atoms with Crippen LogP contribution in [0.2, 0.25) is 0 Å². The molecule has 1 aliphatic carbocycles. The molecule has 2 aromatic carbocycles. The van der Waals surface area contributed by atoms with Crippen LogP contribution in [-0.4, -0.2) is 30.9 Å². The molecule has 2 atom stereocenters. The second kappa shape index (κ2) is 10.3. The van der Waals surface area contributed by atoms with Gasteiger partial charge in [-0.25, -0.2) is 4.98 Å². The lowest BCUT2D eigenvalue weighted by molar-refractivity contribution is -0.116. The van der Waals surface area contributed by atoms with Crippen molar-refractivity contribution in [3.8, 4) is 11.5 Å². The Balaban J connectivity index is 1.62. The molecule has 2 heterocycles. The van der Waals surface area contributed by atoms with Crippen LogP contribution in [0.3, 0.4) is 0 Å². The average molecular weight is 496 g/mol. The number of methoxy groups -OCH3 is 2. The van der Waals surface area contributed by atoms with E-state index in [1.165, 1.54) is 0 Å². The molecule has 2 N–H and O–H groups in total. The number of benzene rings is 2. The van der Waals surface area contributed by atoms with Gasteiger partial charge >= 0.3 is 0 Å². The van der Waals surface area contributed by atoms with E-state index in [4.69, 9.17) is 9.47 Å². The van der Waals surface area contributed by atoms with Crippen molar-refractivity contribution in [1.82, 2.24) is 10.3 Å². The van der Waals surface area contributed by atoms with Crippen molar-refractivity contribution in [2.45, 2.75) is 31.6 Å². The van der Waals surface area contributed by atoms with Crippen LogP contribution in [0.25, 0.3) is 0 Å². The summed E-state index contributed by atoms with van der Waals surface area (Å²) in [5, 5.41) is 6.32. The lowest BCUT2D eigenvalue weighted by Gasteiger charge is -2.37. The monoisotopic (exact) mass is 495 g/mol. The van der Waals surface area contributed by atoms with Crippen LogP contribution >= 0.6 is 0 Å². The van der Waals surface area contributed by atoms with Crippen LogP contribution < -0.4 is 20.1 Å². The smallest absolute Gasteiger partial charge is 0.255 e. The van der Waals surface area contributed by atoms with Crippen molar-refractivity contribution >= 4 is 17.5 Å². The Morgan fingerprint density at radius 1 is 1.00 bits per heavy atom. The van der Waals surface area contributed by atoms with Crippen LogP contribution in [0.5, 0.6) is 11.5 Å². The molecule has 0 spiro atoms. The lowest BCUT2D eigenvalue weighted by atomic mass is 9.71. The number of allylic oxidation sites excluding steroid dienone is 3. The van der Waals surface area contributed by atoms with Gasteiger partial charge in [-0.1, -0.05) is 42.5 Å². The van der Waals surface area contributed by atoms with Gasteiger partial charge in [-0.2, -0.15) is 0 Å². The summed E-state index contributed by atoms with van der Waals surface area (Å²) >= 11 is 0. The van der Waals surface area contributed by atoms with Gasteiger partial charge in [-0.05, 0) is 43.0 Å². The van der Waals surface area contributed by atoms with Gasteiger partial charge in [0, 0.05) is 46.8 Å². The van der Waals surface area contributed by atoms with E-state index in [1.807, 2.05) is 43.3 Å². The van der Waals surface area contributed by atoms with Crippen molar-refractivity contribution in [2.75, 3.05) is 19.5 Å². The van der Waals surface area contributed by atoms with Crippen molar-refractivity contribution in [3.05, 3.63) is 107 Å². The molecule has 5 rings (SSSR count). The largest absolute Gasteiger partial charge is 0.497 e. The maximum absolute atomic E-state index is 13.8. The average Bonchev–Trinajstić information content (AvgIpc) is 2.92. The Labute approximate surface area is 216 Å². The molecule has 188 valence electrons. The van der Waals surface area contributed by atoms with Crippen LogP contribution in [0.4, 0.5) is 5.82 Å². The Kier molecular flexibility index (Phi) is 6.77. The number of Topliss-reactive ketones (excluding diaryl/α,β-unsaturated/α-hetero) is 1. The molecule has 0 unspecified atom stereocenters. The third-order valence-electron chi connectivity index (χ3n) is 7.00. The van der Waals surface area contributed by atoms with Crippen LogP contribution in [0.1, 0.15) is 42.7 Å². The summed E-state index contributed by atoms with van der Waals surface area (Å²) in [7, 11) is 3.16. The molecule has 0 saturated heterocycles. The number of aromatic nitrogens is 1. The number of carbonyl (C=O) groups is 2. The second-order valence-electron chi connectivity index (χ2n) is 9.20. The van der Waals surface area contributed by atoms with E-state index < -0.39 is 5.92 Å². The first-order valence-corrected chi connectivity index (χ1v) is 12.2. The molecule has 0 radical (unpaired) electrons. The number of rotatable bonds is 6. The number of dihydropyridines is 1. The highest BCUT2D eigenvalue weighted by atomic mass is 16.5. The molecule has 3 aromatic rings. The highest BCUT2D eigenvalue weighted by molar-refractivity contribution is 6.09. The predicted octanol–water partition coefficient (Wildman–Crippen LogP) is 5.10. The van der Waals surface area contributed by atoms with Crippen molar-refractivity contribution in [3.63, 3.8) is 0 Å². The van der Waals surface area contributed by atoms with E-state index in [2.05, 4.69) is 27.8 Å². The van der Waals surface area contributed by atoms with Gasteiger partial charge in [0.2, 0.25) is 0 Å². The maximum Gasteiger partial charge on any atom is 0.255 e. The Morgan fingerprint density at radius 3 is 2.49 bits per heavy atom. The SMILES string of the molecule is COc1ccc([C@@H]2C(C(=O)Nc3ccccn3)=C(C)NC3=C2C(=O)C[C@H](c2ccccc2)C3)c(OC)c1. The Hall–Kier alpha value is -4.39. The van der Waals surface area contributed by atoms with Crippen molar-refractivity contribution in [1.29, 1.82) is 0 Å². The molecular formula is C30H29N3O4. The summed E-state index contributed by atoms with van der Waals surface area (Å²) in [6.45, 7) is 1.87. The van der Waals surface area contributed by atoms with Gasteiger partial charge in [0.25, 0.3) is 5.91 Å². The highest BCUT2D eigenvalue weighted by Gasteiger charge is 2.42. The zero-order valence-corrected chi connectivity index (χ0v) is 21.1. The predicted molar refractivity (Wildman–Crippen MR) is 141 cm³/mol. The van der Waals surface area contributed by atoms with Gasteiger partial charge in [-0.15, -0.1) is 0 Å². The summed E-state index contributed by atoms with van der Waals surface area (Å²) in [4.78, 5) is 31.8. The van der Waals surface area contributed by atoms with E-state index in [-0.39, 0.29) is 17.6 Å². The molecule has 7 heteroatoms. The van der Waals surface area contributed by atoms with Gasteiger partial charge in [0.15, 0.2) is 5.78 Å². The molecule has 1 aromatic heterocycles. The van der Waals surface area contributed by atoms with Crippen molar-refractivity contribution in [2.24, 2.45) is 0 Å². The topological polar surface area (TPSA) is 89.5 Å². The zero-order valence-electron chi connectivity index (χ0n) is 21.1. The van der Waals surface area contributed by atoms with E-state index in [9.17, 15) is 9.59 Å².